The van der Waals surface area contributed by atoms with Crippen LogP contribution in [0.25, 0.3) is 0 Å². The number of carbonyl (C=O) groups excluding carboxylic acids is 2. The summed E-state index contributed by atoms with van der Waals surface area (Å²) in [5, 5.41) is 9.74. The standard InChI is InChI=1S/C23H34BrN3O2/c1-15-11-19(24)5-6-20(15)27-22(3,4)21(29)25-10-8-18-12-17-7-9-23(13-17,14-18)26-16(2)28/h5-6,11,17-18,27H,7-10,12-14H2,1-4H3,(H,25,29)(H,26,28)/t17-,18?,23-/m0/s1. The van der Waals surface area contributed by atoms with Gasteiger partial charge in [0, 0.05) is 29.2 Å². The average Bonchev–Trinajstić information content (AvgIpc) is 2.90. The second-order valence-corrected chi connectivity index (χ2v) is 10.5. The van der Waals surface area contributed by atoms with Crippen molar-refractivity contribution in [3.8, 4) is 0 Å². The van der Waals surface area contributed by atoms with Gasteiger partial charge in [-0.1, -0.05) is 15.9 Å². The Morgan fingerprint density at radius 3 is 2.72 bits per heavy atom. The molecule has 1 aromatic rings. The normalized spacial score (nSPS) is 26.1. The summed E-state index contributed by atoms with van der Waals surface area (Å²) in [4.78, 5) is 24.4. The van der Waals surface area contributed by atoms with Crippen LogP contribution < -0.4 is 16.0 Å². The van der Waals surface area contributed by atoms with Crippen LogP contribution in [0.4, 0.5) is 5.69 Å². The van der Waals surface area contributed by atoms with E-state index >= 15 is 0 Å². The fraction of sp³-hybridized carbons (Fsp3) is 0.652. The second kappa shape index (κ2) is 8.66. The van der Waals surface area contributed by atoms with E-state index in [0.717, 1.165) is 47.3 Å². The smallest absolute Gasteiger partial charge is 0.245 e. The lowest BCUT2D eigenvalue weighted by Crippen LogP contribution is -2.50. The number of aryl methyl sites for hydroxylation is 1. The molecule has 0 heterocycles. The van der Waals surface area contributed by atoms with E-state index in [2.05, 4.69) is 31.9 Å². The van der Waals surface area contributed by atoms with E-state index < -0.39 is 5.54 Å². The van der Waals surface area contributed by atoms with Crippen molar-refractivity contribution in [2.24, 2.45) is 11.8 Å². The molecule has 3 N–H and O–H groups in total. The Kier molecular flexibility index (Phi) is 6.61. The fourth-order valence-electron chi connectivity index (χ4n) is 5.26. The van der Waals surface area contributed by atoms with Crippen molar-refractivity contribution >= 4 is 33.4 Å². The highest BCUT2D eigenvalue weighted by Gasteiger charge is 2.45. The zero-order valence-electron chi connectivity index (χ0n) is 18.0. The Bertz CT molecular complexity index is 779. The lowest BCUT2D eigenvalue weighted by molar-refractivity contribution is -0.124. The molecule has 0 aliphatic heterocycles. The SMILES string of the molecule is CC(=O)N[C@]12CC[C@@H](CC(CCNC(=O)C(C)(C)Nc3ccc(Br)cc3C)C1)C2. The van der Waals surface area contributed by atoms with E-state index in [-0.39, 0.29) is 17.4 Å². The summed E-state index contributed by atoms with van der Waals surface area (Å²) in [6, 6.07) is 6.01. The van der Waals surface area contributed by atoms with E-state index in [0.29, 0.717) is 12.5 Å². The van der Waals surface area contributed by atoms with Gasteiger partial charge in [0.1, 0.15) is 5.54 Å². The molecule has 3 rings (SSSR count). The van der Waals surface area contributed by atoms with Gasteiger partial charge in [0.25, 0.3) is 0 Å². The molecule has 2 bridgehead atoms. The number of fused-ring (bicyclic) bond motifs is 2. The molecule has 29 heavy (non-hydrogen) atoms. The van der Waals surface area contributed by atoms with Gasteiger partial charge in [-0.3, -0.25) is 9.59 Å². The quantitative estimate of drug-likeness (QED) is 0.555. The Morgan fingerprint density at radius 2 is 2.03 bits per heavy atom. The molecule has 2 aliphatic rings. The van der Waals surface area contributed by atoms with E-state index in [1.165, 1.54) is 12.8 Å². The van der Waals surface area contributed by atoms with Gasteiger partial charge in [0.15, 0.2) is 0 Å². The summed E-state index contributed by atoms with van der Waals surface area (Å²) in [7, 11) is 0. The van der Waals surface area contributed by atoms with Crippen molar-refractivity contribution in [2.75, 3.05) is 11.9 Å². The van der Waals surface area contributed by atoms with Crippen LogP contribution in [0.3, 0.4) is 0 Å². The third kappa shape index (κ3) is 5.53. The molecule has 0 saturated heterocycles. The van der Waals surface area contributed by atoms with Crippen molar-refractivity contribution in [1.82, 2.24) is 10.6 Å². The first-order valence-electron chi connectivity index (χ1n) is 10.7. The van der Waals surface area contributed by atoms with Crippen LogP contribution in [0.2, 0.25) is 0 Å². The molecule has 2 saturated carbocycles. The highest BCUT2D eigenvalue weighted by atomic mass is 79.9. The van der Waals surface area contributed by atoms with Crippen molar-refractivity contribution < 1.29 is 9.59 Å². The van der Waals surface area contributed by atoms with Gasteiger partial charge in [-0.25, -0.2) is 0 Å². The maximum atomic E-state index is 12.8. The van der Waals surface area contributed by atoms with Gasteiger partial charge in [-0.15, -0.1) is 0 Å². The minimum Gasteiger partial charge on any atom is -0.371 e. The van der Waals surface area contributed by atoms with Crippen LogP contribution in [-0.2, 0) is 9.59 Å². The first kappa shape index (κ1) is 22.1. The number of benzene rings is 1. The van der Waals surface area contributed by atoms with E-state index in [1.54, 1.807) is 6.92 Å². The maximum absolute atomic E-state index is 12.8. The summed E-state index contributed by atoms with van der Waals surface area (Å²) in [5.41, 5.74) is 1.38. The Hall–Kier alpha value is -1.56. The maximum Gasteiger partial charge on any atom is 0.245 e. The van der Waals surface area contributed by atoms with Crippen LogP contribution in [0.1, 0.15) is 64.9 Å². The van der Waals surface area contributed by atoms with Crippen molar-refractivity contribution in [3.63, 3.8) is 0 Å². The number of anilines is 1. The Balaban J connectivity index is 1.50. The zero-order chi connectivity index (χ0) is 21.2. The van der Waals surface area contributed by atoms with E-state index in [9.17, 15) is 9.59 Å². The molecular formula is C23H34BrN3O2. The minimum absolute atomic E-state index is 0.00334. The van der Waals surface area contributed by atoms with Gasteiger partial charge in [0.2, 0.25) is 11.8 Å². The first-order chi connectivity index (χ1) is 13.6. The zero-order valence-corrected chi connectivity index (χ0v) is 19.6. The number of hydrogen-bond donors (Lipinski definition) is 3. The van der Waals surface area contributed by atoms with Crippen LogP contribution in [0.5, 0.6) is 0 Å². The molecule has 6 heteroatoms. The first-order valence-corrected chi connectivity index (χ1v) is 11.5. The molecule has 2 fully saturated rings. The molecule has 3 atom stereocenters. The van der Waals surface area contributed by atoms with Gasteiger partial charge >= 0.3 is 0 Å². The Labute approximate surface area is 182 Å². The lowest BCUT2D eigenvalue weighted by Gasteiger charge is -2.38. The van der Waals surface area contributed by atoms with Gasteiger partial charge in [0.05, 0.1) is 0 Å². The highest BCUT2D eigenvalue weighted by Crippen LogP contribution is 2.48. The fourth-order valence-corrected chi connectivity index (χ4v) is 5.74. The van der Waals surface area contributed by atoms with Crippen molar-refractivity contribution in [1.29, 1.82) is 0 Å². The number of carbonyl (C=O) groups is 2. The monoisotopic (exact) mass is 463 g/mol. The molecule has 5 nitrogen and oxygen atoms in total. The van der Waals surface area contributed by atoms with Gasteiger partial charge in [-0.2, -0.15) is 0 Å². The summed E-state index contributed by atoms with van der Waals surface area (Å²) >= 11 is 3.48. The predicted molar refractivity (Wildman–Crippen MR) is 121 cm³/mol. The summed E-state index contributed by atoms with van der Waals surface area (Å²) in [6.07, 6.45) is 6.67. The number of halogens is 1. The summed E-state index contributed by atoms with van der Waals surface area (Å²) < 4.78 is 1.03. The van der Waals surface area contributed by atoms with Crippen LogP contribution in [0.15, 0.2) is 22.7 Å². The number of hydrogen-bond acceptors (Lipinski definition) is 3. The van der Waals surface area contributed by atoms with Crippen LogP contribution in [0, 0.1) is 18.8 Å². The second-order valence-electron chi connectivity index (χ2n) is 9.63. The minimum atomic E-state index is -0.693. The summed E-state index contributed by atoms with van der Waals surface area (Å²) in [6.45, 7) is 8.15. The number of amides is 2. The molecular weight excluding hydrogens is 430 g/mol. The van der Waals surface area contributed by atoms with Gasteiger partial charge in [-0.05, 0) is 94.9 Å². The number of nitrogens with one attached hydrogen (secondary N) is 3. The van der Waals surface area contributed by atoms with E-state index in [4.69, 9.17) is 0 Å². The molecule has 0 spiro atoms. The largest absolute Gasteiger partial charge is 0.371 e. The molecule has 2 amide bonds. The predicted octanol–water partition coefficient (Wildman–Crippen LogP) is 4.54. The molecule has 160 valence electrons. The Morgan fingerprint density at radius 1 is 1.28 bits per heavy atom. The highest BCUT2D eigenvalue weighted by molar-refractivity contribution is 9.10. The molecule has 2 aliphatic carbocycles. The van der Waals surface area contributed by atoms with Gasteiger partial charge < -0.3 is 16.0 Å². The summed E-state index contributed by atoms with van der Waals surface area (Å²) in [5.74, 6) is 1.37. The number of rotatable bonds is 7. The van der Waals surface area contributed by atoms with Crippen molar-refractivity contribution in [2.45, 2.75) is 77.3 Å². The molecule has 1 aromatic carbocycles. The third-order valence-electron chi connectivity index (χ3n) is 6.54. The van der Waals surface area contributed by atoms with Crippen molar-refractivity contribution in [3.05, 3.63) is 28.2 Å². The van der Waals surface area contributed by atoms with E-state index in [1.807, 2.05) is 39.0 Å². The average molecular weight is 464 g/mol. The molecule has 0 radical (unpaired) electrons. The molecule has 1 unspecified atom stereocenters. The lowest BCUT2D eigenvalue weighted by atomic mass is 9.75. The van der Waals surface area contributed by atoms with Crippen LogP contribution in [-0.4, -0.2) is 29.4 Å². The van der Waals surface area contributed by atoms with Crippen LogP contribution >= 0.6 is 15.9 Å². The third-order valence-corrected chi connectivity index (χ3v) is 7.03. The molecule has 0 aromatic heterocycles. The topological polar surface area (TPSA) is 70.2 Å².